The Kier molecular flexibility index (Phi) is 2.77. The average Bonchev–Trinajstić information content (AvgIpc) is 3.11. The fraction of sp³-hybridized carbons (Fsp3) is 0.467. The van der Waals surface area contributed by atoms with Gasteiger partial charge in [-0.1, -0.05) is 23.0 Å². The van der Waals surface area contributed by atoms with E-state index in [0.29, 0.717) is 17.1 Å². The summed E-state index contributed by atoms with van der Waals surface area (Å²) < 4.78 is 0. The van der Waals surface area contributed by atoms with Crippen LogP contribution in [0.2, 0.25) is 0 Å². The van der Waals surface area contributed by atoms with Crippen molar-refractivity contribution in [2.24, 2.45) is 17.0 Å². The Morgan fingerprint density at radius 3 is 3.15 bits per heavy atom. The van der Waals surface area contributed by atoms with E-state index in [2.05, 4.69) is 34.2 Å². The van der Waals surface area contributed by atoms with Gasteiger partial charge in [0.1, 0.15) is 0 Å². The number of fused-ring (bicyclic) bond motifs is 3. The summed E-state index contributed by atoms with van der Waals surface area (Å²) in [7, 11) is 0. The summed E-state index contributed by atoms with van der Waals surface area (Å²) in [5.41, 5.74) is 4.29. The topological polar surface area (TPSA) is 61.3 Å². The van der Waals surface area contributed by atoms with Crippen LogP contribution in [0.1, 0.15) is 24.8 Å². The number of rotatable bonds is 2. The molecule has 3 atom stereocenters. The number of H-pyrrole nitrogens is 1. The largest absolute Gasteiger partial charge is 0.411 e. The number of oxime groups is 1. The van der Waals surface area contributed by atoms with Crippen LogP contribution in [-0.4, -0.2) is 26.1 Å². The zero-order valence-electron chi connectivity index (χ0n) is 11.3. The monoisotopic (exact) mass is 287 g/mol. The molecule has 0 spiro atoms. The molecule has 4 nitrogen and oxygen atoms in total. The summed E-state index contributed by atoms with van der Waals surface area (Å²) in [4.78, 5) is 8.02. The van der Waals surface area contributed by atoms with Crippen molar-refractivity contribution in [3.05, 3.63) is 23.8 Å². The van der Waals surface area contributed by atoms with Crippen LogP contribution in [0.25, 0.3) is 11.0 Å². The number of aromatic amines is 1. The molecular weight excluding hydrogens is 270 g/mol. The maximum absolute atomic E-state index is 9.26. The van der Waals surface area contributed by atoms with Gasteiger partial charge in [-0.2, -0.15) is 0 Å². The van der Waals surface area contributed by atoms with Gasteiger partial charge in [-0.3, -0.25) is 0 Å². The predicted octanol–water partition coefficient (Wildman–Crippen LogP) is 3.59. The van der Waals surface area contributed by atoms with Crippen LogP contribution in [-0.2, 0) is 0 Å². The zero-order valence-corrected chi connectivity index (χ0v) is 12.2. The highest BCUT2D eigenvalue weighted by Crippen LogP contribution is 2.49. The van der Waals surface area contributed by atoms with Gasteiger partial charge in [-0.25, -0.2) is 4.98 Å². The van der Waals surface area contributed by atoms with Gasteiger partial charge in [-0.05, 0) is 49.8 Å². The normalized spacial score (nSPS) is 30.6. The minimum Gasteiger partial charge on any atom is -0.411 e. The number of hydrogen-bond acceptors (Lipinski definition) is 4. The standard InChI is InChI=1S/C15H17N3OS/c1-8-2-5-11-12(6-8)17-15(16-11)20-14-10-4-3-9(7-10)13(14)18-19/h2,5-6,9-10,14,19H,3-4,7H2,1H3,(H,16,17)/b18-13-. The van der Waals surface area contributed by atoms with Crippen molar-refractivity contribution in [1.82, 2.24) is 9.97 Å². The third kappa shape index (κ3) is 1.84. The lowest BCUT2D eigenvalue weighted by Crippen LogP contribution is -2.25. The van der Waals surface area contributed by atoms with Crippen LogP contribution in [0, 0.1) is 18.8 Å². The summed E-state index contributed by atoms with van der Waals surface area (Å²) in [5.74, 6) is 1.14. The van der Waals surface area contributed by atoms with Gasteiger partial charge in [0.05, 0.1) is 22.0 Å². The summed E-state index contributed by atoms with van der Waals surface area (Å²) in [6, 6.07) is 6.25. The van der Waals surface area contributed by atoms with Crippen LogP contribution in [0.15, 0.2) is 28.5 Å². The number of thioether (sulfide) groups is 1. The molecule has 1 aromatic heterocycles. The third-order valence-electron chi connectivity index (χ3n) is 4.58. The second-order valence-electron chi connectivity index (χ2n) is 5.90. The first kappa shape index (κ1) is 12.3. The van der Waals surface area contributed by atoms with E-state index >= 15 is 0 Å². The van der Waals surface area contributed by atoms with Gasteiger partial charge < -0.3 is 10.2 Å². The minimum atomic E-state index is 0.292. The van der Waals surface area contributed by atoms with Crippen molar-refractivity contribution in [3.8, 4) is 0 Å². The highest BCUT2D eigenvalue weighted by molar-refractivity contribution is 8.00. The van der Waals surface area contributed by atoms with Gasteiger partial charge in [0.2, 0.25) is 0 Å². The number of nitrogens with one attached hydrogen (secondary N) is 1. The van der Waals surface area contributed by atoms with Crippen molar-refractivity contribution in [2.45, 2.75) is 36.6 Å². The van der Waals surface area contributed by atoms with E-state index in [-0.39, 0.29) is 0 Å². The van der Waals surface area contributed by atoms with E-state index < -0.39 is 0 Å². The number of benzene rings is 1. The molecule has 5 heteroatoms. The van der Waals surface area contributed by atoms with Crippen LogP contribution < -0.4 is 0 Å². The molecule has 2 aliphatic carbocycles. The minimum absolute atomic E-state index is 0.292. The van der Waals surface area contributed by atoms with Crippen molar-refractivity contribution in [3.63, 3.8) is 0 Å². The molecule has 0 radical (unpaired) electrons. The molecule has 3 unspecified atom stereocenters. The summed E-state index contributed by atoms with van der Waals surface area (Å²) in [6.45, 7) is 2.08. The Morgan fingerprint density at radius 2 is 2.30 bits per heavy atom. The smallest absolute Gasteiger partial charge is 0.167 e. The van der Waals surface area contributed by atoms with Crippen LogP contribution in [0.5, 0.6) is 0 Å². The molecule has 2 aliphatic rings. The molecule has 2 aromatic rings. The van der Waals surface area contributed by atoms with Crippen molar-refractivity contribution < 1.29 is 5.21 Å². The Bertz CT molecular complexity index is 693. The first-order chi connectivity index (χ1) is 9.74. The Morgan fingerprint density at radius 1 is 1.40 bits per heavy atom. The van der Waals surface area contributed by atoms with E-state index in [1.165, 1.54) is 24.8 Å². The molecule has 0 amide bonds. The molecule has 1 heterocycles. The first-order valence-electron chi connectivity index (χ1n) is 7.09. The molecule has 0 saturated heterocycles. The molecule has 104 valence electrons. The summed E-state index contributed by atoms with van der Waals surface area (Å²) in [6.07, 6.45) is 3.61. The van der Waals surface area contributed by atoms with E-state index in [9.17, 15) is 5.21 Å². The molecule has 4 rings (SSSR count). The molecule has 2 N–H and O–H groups in total. The summed E-state index contributed by atoms with van der Waals surface area (Å²) in [5, 5.41) is 14.1. The molecule has 2 fully saturated rings. The molecular formula is C15H17N3OS. The lowest BCUT2D eigenvalue weighted by molar-refractivity contribution is 0.314. The SMILES string of the molecule is Cc1ccc2nc(SC3/C(=N\O)C4CCC3C4)[nH]c2c1. The maximum atomic E-state index is 9.26. The van der Waals surface area contributed by atoms with Crippen molar-refractivity contribution in [2.75, 3.05) is 0 Å². The van der Waals surface area contributed by atoms with E-state index in [0.717, 1.165) is 21.9 Å². The van der Waals surface area contributed by atoms with Gasteiger partial charge >= 0.3 is 0 Å². The van der Waals surface area contributed by atoms with Gasteiger partial charge in [-0.15, -0.1) is 0 Å². The number of imidazole rings is 1. The van der Waals surface area contributed by atoms with Crippen molar-refractivity contribution in [1.29, 1.82) is 0 Å². The van der Waals surface area contributed by atoms with Gasteiger partial charge in [0.15, 0.2) is 5.16 Å². The second kappa shape index (κ2) is 4.52. The molecule has 2 bridgehead atoms. The number of nitrogens with zero attached hydrogens (tertiary/aromatic N) is 2. The molecule has 2 saturated carbocycles. The van der Waals surface area contributed by atoms with Crippen LogP contribution in [0.3, 0.4) is 0 Å². The fourth-order valence-corrected chi connectivity index (χ4v) is 4.97. The maximum Gasteiger partial charge on any atom is 0.167 e. The molecule has 20 heavy (non-hydrogen) atoms. The fourth-order valence-electron chi connectivity index (χ4n) is 3.61. The highest BCUT2D eigenvalue weighted by Gasteiger charge is 2.46. The number of aryl methyl sites for hydroxylation is 1. The Hall–Kier alpha value is -1.49. The number of aromatic nitrogens is 2. The average molecular weight is 287 g/mol. The van der Waals surface area contributed by atoms with Crippen LogP contribution >= 0.6 is 11.8 Å². The molecule has 1 aromatic carbocycles. The lowest BCUT2D eigenvalue weighted by atomic mass is 9.98. The molecule has 0 aliphatic heterocycles. The zero-order chi connectivity index (χ0) is 13.7. The summed E-state index contributed by atoms with van der Waals surface area (Å²) >= 11 is 1.72. The Balaban J connectivity index is 1.64. The second-order valence-corrected chi connectivity index (χ2v) is 7.03. The highest BCUT2D eigenvalue weighted by atomic mass is 32.2. The van der Waals surface area contributed by atoms with Gasteiger partial charge in [0, 0.05) is 5.92 Å². The first-order valence-corrected chi connectivity index (χ1v) is 7.97. The predicted molar refractivity (Wildman–Crippen MR) is 80.5 cm³/mol. The Labute approximate surface area is 121 Å². The lowest BCUT2D eigenvalue weighted by Gasteiger charge is -2.20. The van der Waals surface area contributed by atoms with E-state index in [1.54, 1.807) is 11.8 Å². The third-order valence-corrected chi connectivity index (χ3v) is 5.88. The van der Waals surface area contributed by atoms with Gasteiger partial charge in [0.25, 0.3) is 0 Å². The quantitative estimate of drug-likeness (QED) is 0.655. The van der Waals surface area contributed by atoms with Crippen LogP contribution in [0.4, 0.5) is 0 Å². The number of hydrogen-bond donors (Lipinski definition) is 2. The van der Waals surface area contributed by atoms with E-state index in [1.807, 2.05) is 6.07 Å². The van der Waals surface area contributed by atoms with E-state index in [4.69, 9.17) is 0 Å². The van der Waals surface area contributed by atoms with Crippen molar-refractivity contribution >= 4 is 28.5 Å².